The van der Waals surface area contributed by atoms with Crippen LogP contribution in [0.5, 0.6) is 0 Å². The van der Waals surface area contributed by atoms with Gasteiger partial charge in [0.2, 0.25) is 0 Å². The van der Waals surface area contributed by atoms with Crippen molar-refractivity contribution in [1.29, 1.82) is 0 Å². The largest absolute Gasteiger partial charge is 0.340 e. The second-order valence-electron chi connectivity index (χ2n) is 2.77. The Morgan fingerprint density at radius 2 is 2.31 bits per heavy atom. The summed E-state index contributed by atoms with van der Waals surface area (Å²) in [6.45, 7) is 0. The van der Waals surface area contributed by atoms with Gasteiger partial charge in [0.1, 0.15) is 0 Å². The minimum atomic E-state index is 0.0608. The predicted molar refractivity (Wildman–Crippen MR) is 54.6 cm³/mol. The van der Waals surface area contributed by atoms with Gasteiger partial charge in [0.25, 0.3) is 5.24 Å². The average molecular weight is 196 g/mol. The first-order valence-electron chi connectivity index (χ1n) is 3.94. The fourth-order valence-electron chi connectivity index (χ4n) is 0.748. The lowest BCUT2D eigenvalue weighted by Gasteiger charge is -2.08. The number of amides is 1. The maximum atomic E-state index is 11.2. The van der Waals surface area contributed by atoms with Gasteiger partial charge in [0.15, 0.2) is 0 Å². The van der Waals surface area contributed by atoms with Gasteiger partial charge in [-0.3, -0.25) is 9.78 Å². The zero-order chi connectivity index (χ0) is 9.68. The van der Waals surface area contributed by atoms with E-state index < -0.39 is 0 Å². The lowest BCUT2D eigenvalue weighted by atomic mass is 10.4. The summed E-state index contributed by atoms with van der Waals surface area (Å²) < 4.78 is 0. The highest BCUT2D eigenvalue weighted by Gasteiger charge is 2.04. The summed E-state index contributed by atoms with van der Waals surface area (Å²) in [5, 5.41) is 0.0608. The molecule has 0 fully saturated rings. The van der Waals surface area contributed by atoms with Crippen LogP contribution in [0.3, 0.4) is 0 Å². The molecule has 0 atom stereocenters. The van der Waals surface area contributed by atoms with E-state index >= 15 is 0 Å². The lowest BCUT2D eigenvalue weighted by Crippen LogP contribution is -2.16. The molecule has 13 heavy (non-hydrogen) atoms. The second-order valence-corrected chi connectivity index (χ2v) is 3.70. The van der Waals surface area contributed by atoms with Gasteiger partial charge in [-0.2, -0.15) is 0 Å². The summed E-state index contributed by atoms with van der Waals surface area (Å²) in [5.41, 5.74) is 0.933. The van der Waals surface area contributed by atoms with Crippen LogP contribution < -0.4 is 0 Å². The third-order valence-corrected chi connectivity index (χ3v) is 2.49. The van der Waals surface area contributed by atoms with Gasteiger partial charge < -0.3 is 4.90 Å². The van der Waals surface area contributed by atoms with Crippen LogP contribution in [0.25, 0.3) is 0 Å². The first-order chi connectivity index (χ1) is 6.20. The van der Waals surface area contributed by atoms with Gasteiger partial charge in [0, 0.05) is 26.0 Å². The van der Waals surface area contributed by atoms with Crippen LogP contribution in [0, 0.1) is 0 Å². The zero-order valence-corrected chi connectivity index (χ0v) is 8.54. The Kier molecular flexibility index (Phi) is 3.76. The smallest absolute Gasteiger partial charge is 0.281 e. The number of hydrogen-bond donors (Lipinski definition) is 0. The summed E-state index contributed by atoms with van der Waals surface area (Å²) in [7, 11) is 3.49. The van der Waals surface area contributed by atoms with Gasteiger partial charge in [0.05, 0.1) is 5.69 Å². The number of nitrogens with zero attached hydrogens (tertiary/aromatic N) is 2. The number of carbonyl (C=O) groups is 1. The van der Waals surface area contributed by atoms with Gasteiger partial charge in [-0.05, 0) is 12.1 Å². The predicted octanol–water partition coefficient (Wildman–Crippen LogP) is 2.00. The highest BCUT2D eigenvalue weighted by Crippen LogP contribution is 2.12. The monoisotopic (exact) mass is 196 g/mol. The van der Waals surface area contributed by atoms with E-state index in [-0.39, 0.29) is 5.24 Å². The number of thioether (sulfide) groups is 1. The van der Waals surface area contributed by atoms with Crippen LogP contribution in [-0.2, 0) is 5.75 Å². The van der Waals surface area contributed by atoms with Crippen LogP contribution in [-0.4, -0.2) is 29.2 Å². The SMILES string of the molecule is CN(C)C(=O)SCc1ccccn1. The molecule has 0 saturated carbocycles. The zero-order valence-electron chi connectivity index (χ0n) is 7.73. The Morgan fingerprint density at radius 3 is 2.85 bits per heavy atom. The second kappa shape index (κ2) is 4.87. The number of carbonyl (C=O) groups excluding carboxylic acids is 1. The minimum absolute atomic E-state index is 0.0608. The first-order valence-corrected chi connectivity index (χ1v) is 4.92. The van der Waals surface area contributed by atoms with E-state index in [4.69, 9.17) is 0 Å². The topological polar surface area (TPSA) is 33.2 Å². The summed E-state index contributed by atoms with van der Waals surface area (Å²) >= 11 is 1.26. The quantitative estimate of drug-likeness (QED) is 0.725. The van der Waals surface area contributed by atoms with Crippen molar-refractivity contribution in [3.05, 3.63) is 30.1 Å². The molecule has 0 N–H and O–H groups in total. The summed E-state index contributed by atoms with van der Waals surface area (Å²) in [5.74, 6) is 0.637. The molecule has 0 radical (unpaired) electrons. The van der Waals surface area contributed by atoms with Crippen molar-refractivity contribution in [2.75, 3.05) is 14.1 Å². The van der Waals surface area contributed by atoms with Crippen molar-refractivity contribution < 1.29 is 4.79 Å². The van der Waals surface area contributed by atoms with Crippen LogP contribution in [0.2, 0.25) is 0 Å². The highest BCUT2D eigenvalue weighted by atomic mass is 32.2. The van der Waals surface area contributed by atoms with Crippen molar-refractivity contribution in [3.8, 4) is 0 Å². The highest BCUT2D eigenvalue weighted by molar-refractivity contribution is 8.12. The molecule has 3 nitrogen and oxygen atoms in total. The summed E-state index contributed by atoms with van der Waals surface area (Å²) in [6.07, 6.45) is 1.73. The molecule has 1 heterocycles. The van der Waals surface area contributed by atoms with Crippen molar-refractivity contribution in [2.24, 2.45) is 0 Å². The Morgan fingerprint density at radius 1 is 1.54 bits per heavy atom. The number of aromatic nitrogens is 1. The van der Waals surface area contributed by atoms with Crippen LogP contribution >= 0.6 is 11.8 Å². The fraction of sp³-hybridized carbons (Fsp3) is 0.333. The molecule has 0 saturated heterocycles. The van der Waals surface area contributed by atoms with Gasteiger partial charge in [-0.1, -0.05) is 17.8 Å². The third-order valence-electron chi connectivity index (χ3n) is 1.43. The van der Waals surface area contributed by atoms with Crippen molar-refractivity contribution >= 4 is 17.0 Å². The average Bonchev–Trinajstić information content (AvgIpc) is 2.15. The molecule has 0 aliphatic rings. The molecule has 1 aromatic heterocycles. The maximum Gasteiger partial charge on any atom is 0.281 e. The standard InChI is InChI=1S/C9H12N2OS/c1-11(2)9(12)13-7-8-5-3-4-6-10-8/h3-6H,7H2,1-2H3. The normalized spacial score (nSPS) is 9.69. The number of hydrogen-bond acceptors (Lipinski definition) is 3. The van der Waals surface area contributed by atoms with E-state index in [2.05, 4.69) is 4.98 Å². The Hall–Kier alpha value is -1.03. The Labute approximate surface area is 82.2 Å². The van der Waals surface area contributed by atoms with Crippen LogP contribution in [0.4, 0.5) is 4.79 Å². The van der Waals surface area contributed by atoms with E-state index in [1.165, 1.54) is 11.8 Å². The molecule has 0 aliphatic carbocycles. The van der Waals surface area contributed by atoms with E-state index in [1.807, 2.05) is 18.2 Å². The molecule has 1 rings (SSSR count). The Balaban J connectivity index is 2.40. The molecule has 0 bridgehead atoms. The number of rotatable bonds is 2. The third kappa shape index (κ3) is 3.46. The summed E-state index contributed by atoms with van der Waals surface area (Å²) in [6, 6.07) is 5.70. The molecule has 4 heteroatoms. The van der Waals surface area contributed by atoms with Gasteiger partial charge in [-0.15, -0.1) is 0 Å². The Bertz CT molecular complexity index is 274. The van der Waals surface area contributed by atoms with E-state index in [9.17, 15) is 4.79 Å². The molecule has 0 aliphatic heterocycles. The maximum absolute atomic E-state index is 11.2. The summed E-state index contributed by atoms with van der Waals surface area (Å²) in [4.78, 5) is 16.9. The van der Waals surface area contributed by atoms with Crippen LogP contribution in [0.15, 0.2) is 24.4 Å². The molecule has 0 spiro atoms. The molecule has 70 valence electrons. The van der Waals surface area contributed by atoms with E-state index in [0.29, 0.717) is 5.75 Å². The molecule has 1 amide bonds. The van der Waals surface area contributed by atoms with Gasteiger partial charge >= 0.3 is 0 Å². The van der Waals surface area contributed by atoms with Crippen molar-refractivity contribution in [2.45, 2.75) is 5.75 Å². The molecule has 1 aromatic rings. The first kappa shape index (κ1) is 10.1. The van der Waals surface area contributed by atoms with E-state index in [0.717, 1.165) is 5.69 Å². The van der Waals surface area contributed by atoms with Gasteiger partial charge in [-0.25, -0.2) is 0 Å². The van der Waals surface area contributed by atoms with Crippen LogP contribution in [0.1, 0.15) is 5.69 Å². The van der Waals surface area contributed by atoms with Crippen molar-refractivity contribution in [1.82, 2.24) is 9.88 Å². The van der Waals surface area contributed by atoms with Crippen molar-refractivity contribution in [3.63, 3.8) is 0 Å². The number of pyridine rings is 1. The molecule has 0 aromatic carbocycles. The molecular weight excluding hydrogens is 184 g/mol. The lowest BCUT2D eigenvalue weighted by molar-refractivity contribution is 0.241. The molecule has 0 unspecified atom stereocenters. The fourth-order valence-corrected chi connectivity index (χ4v) is 1.45. The molecular formula is C9H12N2OS. The minimum Gasteiger partial charge on any atom is -0.340 e. The van der Waals surface area contributed by atoms with E-state index in [1.54, 1.807) is 25.2 Å².